The van der Waals surface area contributed by atoms with Crippen molar-refractivity contribution in [3.05, 3.63) is 41.9 Å². The molecule has 0 radical (unpaired) electrons. The quantitative estimate of drug-likeness (QED) is 0.911. The number of amides is 1. The van der Waals surface area contributed by atoms with Gasteiger partial charge in [0.2, 0.25) is 0 Å². The molecule has 2 N–H and O–H groups in total. The van der Waals surface area contributed by atoms with E-state index >= 15 is 0 Å². The highest BCUT2D eigenvalue weighted by Gasteiger charge is 2.40. The summed E-state index contributed by atoms with van der Waals surface area (Å²) in [6.45, 7) is 3.03. The second-order valence-electron chi connectivity index (χ2n) is 6.31. The Morgan fingerprint density at radius 3 is 2.82 bits per heavy atom. The first-order chi connectivity index (χ1) is 10.7. The minimum Gasteiger partial charge on any atom is -0.432 e. The van der Waals surface area contributed by atoms with Gasteiger partial charge in [-0.3, -0.25) is 4.79 Å². The number of fused-ring (bicyclic) bond motifs is 2. The summed E-state index contributed by atoms with van der Waals surface area (Å²) in [5, 5.41) is 6.50. The molecule has 1 aromatic carbocycles. The van der Waals surface area contributed by atoms with E-state index in [2.05, 4.69) is 15.6 Å². The Kier molecular flexibility index (Phi) is 3.22. The molecule has 1 amide bonds. The third-order valence-corrected chi connectivity index (χ3v) is 4.72. The molecule has 5 nitrogen and oxygen atoms in total. The Labute approximate surface area is 129 Å². The third-order valence-electron chi connectivity index (χ3n) is 4.72. The predicted octanol–water partition coefficient (Wildman–Crippen LogP) is 2.13. The zero-order valence-corrected chi connectivity index (χ0v) is 12.5. The van der Waals surface area contributed by atoms with E-state index in [1.807, 2.05) is 31.2 Å². The molecule has 1 saturated heterocycles. The molecule has 3 atom stereocenters. The topological polar surface area (TPSA) is 67.2 Å². The van der Waals surface area contributed by atoms with Crippen molar-refractivity contribution in [2.75, 3.05) is 6.54 Å². The van der Waals surface area contributed by atoms with Crippen LogP contribution in [0.2, 0.25) is 0 Å². The molecule has 2 bridgehead atoms. The minimum atomic E-state index is -0.212. The Bertz CT molecular complexity index is 692. The van der Waals surface area contributed by atoms with E-state index < -0.39 is 0 Å². The summed E-state index contributed by atoms with van der Waals surface area (Å²) in [4.78, 5) is 16.4. The van der Waals surface area contributed by atoms with Crippen LogP contribution in [0.3, 0.4) is 0 Å². The summed E-state index contributed by atoms with van der Waals surface area (Å²) < 4.78 is 5.62. The lowest BCUT2D eigenvalue weighted by molar-refractivity contribution is 0.0890. The van der Waals surface area contributed by atoms with Crippen molar-refractivity contribution in [3.8, 4) is 11.3 Å². The summed E-state index contributed by atoms with van der Waals surface area (Å²) in [5.41, 5.74) is 2.12. The fourth-order valence-electron chi connectivity index (χ4n) is 3.47. The number of nitrogens with zero attached hydrogens (tertiary/aromatic N) is 1. The van der Waals surface area contributed by atoms with Crippen LogP contribution >= 0.6 is 0 Å². The van der Waals surface area contributed by atoms with Gasteiger partial charge in [0.15, 0.2) is 5.76 Å². The maximum atomic E-state index is 12.3. The fraction of sp³-hybridized carbons (Fsp3) is 0.412. The van der Waals surface area contributed by atoms with Crippen LogP contribution in [0, 0.1) is 12.8 Å². The molecule has 2 heterocycles. The predicted molar refractivity (Wildman–Crippen MR) is 82.4 cm³/mol. The zero-order chi connectivity index (χ0) is 15.1. The van der Waals surface area contributed by atoms with Crippen LogP contribution < -0.4 is 10.6 Å². The highest BCUT2D eigenvalue weighted by atomic mass is 16.4. The lowest BCUT2D eigenvalue weighted by Gasteiger charge is -2.22. The number of rotatable bonds is 3. The number of piperidine rings is 1. The van der Waals surface area contributed by atoms with Gasteiger partial charge >= 0.3 is 5.91 Å². The maximum Gasteiger partial charge on any atom is 0.307 e. The van der Waals surface area contributed by atoms with Crippen LogP contribution in [0.4, 0.5) is 0 Å². The monoisotopic (exact) mass is 297 g/mol. The van der Waals surface area contributed by atoms with Crippen molar-refractivity contribution in [2.24, 2.45) is 5.92 Å². The second-order valence-corrected chi connectivity index (χ2v) is 6.31. The largest absolute Gasteiger partial charge is 0.432 e. The lowest BCUT2D eigenvalue weighted by Crippen LogP contribution is -2.44. The smallest absolute Gasteiger partial charge is 0.307 e. The number of oxazole rings is 1. The molecule has 1 aliphatic carbocycles. The summed E-state index contributed by atoms with van der Waals surface area (Å²) in [5.74, 6) is 1.10. The third kappa shape index (κ3) is 2.41. The Morgan fingerprint density at radius 1 is 1.32 bits per heavy atom. The van der Waals surface area contributed by atoms with Gasteiger partial charge in [-0.05, 0) is 25.7 Å². The summed E-state index contributed by atoms with van der Waals surface area (Å²) in [6.07, 6.45) is 3.77. The van der Waals surface area contributed by atoms with Crippen molar-refractivity contribution in [2.45, 2.75) is 31.8 Å². The maximum absolute atomic E-state index is 12.3. The van der Waals surface area contributed by atoms with Gasteiger partial charge in [0.1, 0.15) is 0 Å². The number of benzene rings is 1. The van der Waals surface area contributed by atoms with Crippen LogP contribution in [-0.2, 0) is 0 Å². The Balaban J connectivity index is 1.46. The number of hydrogen-bond acceptors (Lipinski definition) is 4. The van der Waals surface area contributed by atoms with Crippen molar-refractivity contribution in [1.82, 2.24) is 15.6 Å². The van der Waals surface area contributed by atoms with E-state index in [1.54, 1.807) is 6.20 Å². The number of aryl methyl sites for hydroxylation is 1. The average Bonchev–Trinajstić information content (AvgIpc) is 3.24. The van der Waals surface area contributed by atoms with Crippen LogP contribution in [0.15, 0.2) is 34.9 Å². The molecule has 4 rings (SSSR count). The zero-order valence-electron chi connectivity index (χ0n) is 12.5. The van der Waals surface area contributed by atoms with E-state index in [4.69, 9.17) is 4.42 Å². The van der Waals surface area contributed by atoms with Gasteiger partial charge in [-0.25, -0.2) is 4.98 Å². The highest BCUT2D eigenvalue weighted by Crippen LogP contribution is 2.31. The number of carbonyl (C=O) groups excluding carboxylic acids is 1. The molecule has 1 aliphatic heterocycles. The first-order valence-electron chi connectivity index (χ1n) is 7.76. The summed E-state index contributed by atoms with van der Waals surface area (Å²) >= 11 is 0. The Morgan fingerprint density at radius 2 is 2.14 bits per heavy atom. The van der Waals surface area contributed by atoms with Gasteiger partial charge in [-0.2, -0.15) is 0 Å². The van der Waals surface area contributed by atoms with Crippen molar-refractivity contribution >= 4 is 5.91 Å². The van der Waals surface area contributed by atoms with E-state index in [-0.39, 0.29) is 17.8 Å². The first-order valence-corrected chi connectivity index (χ1v) is 7.76. The Hall–Kier alpha value is -2.14. The standard InChI is InChI=1S/C17H19N3O2/c1-10-2-4-11(5-3-10)15-9-19-17(22-15)16(21)20-14-7-13-6-12(14)8-18-13/h2-5,9,12-14,18H,6-8H2,1H3,(H,20,21). The van der Waals surface area contributed by atoms with E-state index in [0.717, 1.165) is 24.9 Å². The van der Waals surface area contributed by atoms with Crippen molar-refractivity contribution in [1.29, 1.82) is 0 Å². The van der Waals surface area contributed by atoms with Gasteiger partial charge in [0.25, 0.3) is 5.89 Å². The van der Waals surface area contributed by atoms with E-state index in [9.17, 15) is 4.79 Å². The highest BCUT2D eigenvalue weighted by molar-refractivity contribution is 5.90. The second kappa shape index (κ2) is 5.25. The molecule has 3 unspecified atom stereocenters. The molecule has 2 fully saturated rings. The number of hydrogen-bond donors (Lipinski definition) is 2. The number of nitrogens with one attached hydrogen (secondary N) is 2. The number of aromatic nitrogens is 1. The fourth-order valence-corrected chi connectivity index (χ4v) is 3.47. The van der Waals surface area contributed by atoms with Crippen LogP contribution in [-0.4, -0.2) is 29.5 Å². The average molecular weight is 297 g/mol. The van der Waals surface area contributed by atoms with E-state index in [1.165, 1.54) is 5.56 Å². The molecule has 1 aromatic heterocycles. The van der Waals surface area contributed by atoms with Crippen molar-refractivity contribution in [3.63, 3.8) is 0 Å². The van der Waals surface area contributed by atoms with Crippen LogP contribution in [0.1, 0.15) is 29.1 Å². The number of carbonyl (C=O) groups is 1. The summed E-state index contributed by atoms with van der Waals surface area (Å²) in [6, 6.07) is 8.77. The summed E-state index contributed by atoms with van der Waals surface area (Å²) in [7, 11) is 0. The lowest BCUT2D eigenvalue weighted by atomic mass is 10.0. The molecule has 5 heteroatoms. The molecule has 114 valence electrons. The molecule has 2 aromatic rings. The van der Waals surface area contributed by atoms with Gasteiger partial charge in [0, 0.05) is 24.2 Å². The molecular formula is C17H19N3O2. The van der Waals surface area contributed by atoms with Gasteiger partial charge in [-0.1, -0.05) is 29.8 Å². The first kappa shape index (κ1) is 13.5. The molecule has 0 spiro atoms. The van der Waals surface area contributed by atoms with Gasteiger partial charge in [-0.15, -0.1) is 0 Å². The normalized spacial score (nSPS) is 26.3. The SMILES string of the molecule is Cc1ccc(-c2cnc(C(=O)NC3CC4CC3CN4)o2)cc1. The molecular weight excluding hydrogens is 278 g/mol. The molecule has 22 heavy (non-hydrogen) atoms. The van der Waals surface area contributed by atoms with Gasteiger partial charge in [0.05, 0.1) is 6.20 Å². The van der Waals surface area contributed by atoms with Crippen molar-refractivity contribution < 1.29 is 9.21 Å². The van der Waals surface area contributed by atoms with E-state index in [0.29, 0.717) is 17.7 Å². The molecule has 2 aliphatic rings. The molecule has 1 saturated carbocycles. The minimum absolute atomic E-state index is 0.145. The van der Waals surface area contributed by atoms with Crippen LogP contribution in [0.5, 0.6) is 0 Å². The van der Waals surface area contributed by atoms with Gasteiger partial charge < -0.3 is 15.1 Å². The van der Waals surface area contributed by atoms with Crippen LogP contribution in [0.25, 0.3) is 11.3 Å².